The Morgan fingerprint density at radius 2 is 1.86 bits per heavy atom. The highest BCUT2D eigenvalue weighted by atomic mass is 16.2. The molecule has 0 aromatic heterocycles. The summed E-state index contributed by atoms with van der Waals surface area (Å²) in [6.07, 6.45) is 8.83. The Kier molecular flexibility index (Phi) is 4.48. The number of rotatable bonds is 2. The lowest BCUT2D eigenvalue weighted by Crippen LogP contribution is -2.55. The average Bonchev–Trinajstić information content (AvgIpc) is 2.97. The van der Waals surface area contributed by atoms with Crippen LogP contribution in [0.4, 0.5) is 0 Å². The van der Waals surface area contributed by atoms with Gasteiger partial charge in [0.05, 0.1) is 6.04 Å². The van der Waals surface area contributed by atoms with E-state index in [9.17, 15) is 9.59 Å². The summed E-state index contributed by atoms with van der Waals surface area (Å²) < 4.78 is 0. The standard InChI is InChI=1S/C16H27N3O2/c1-17-15(20)14-8-4-5-9-19(14)16(21)13-10-11-6-2-3-7-12(11)18-13/h11-14,18H,2-10H2,1H3,(H,17,20). The molecule has 1 aliphatic carbocycles. The first kappa shape index (κ1) is 14.8. The molecule has 5 nitrogen and oxygen atoms in total. The van der Waals surface area contributed by atoms with E-state index < -0.39 is 0 Å². The summed E-state index contributed by atoms with van der Waals surface area (Å²) in [6.45, 7) is 0.727. The fourth-order valence-electron chi connectivity index (χ4n) is 4.35. The van der Waals surface area contributed by atoms with Gasteiger partial charge in [0, 0.05) is 19.6 Å². The third-order valence-electron chi connectivity index (χ3n) is 5.50. The summed E-state index contributed by atoms with van der Waals surface area (Å²) in [5, 5.41) is 6.25. The zero-order chi connectivity index (χ0) is 14.8. The predicted octanol–water partition coefficient (Wildman–Crippen LogP) is 1.03. The van der Waals surface area contributed by atoms with Crippen LogP contribution in [-0.4, -0.2) is 48.4 Å². The first-order valence-electron chi connectivity index (χ1n) is 8.49. The molecule has 0 radical (unpaired) electrons. The van der Waals surface area contributed by atoms with Crippen LogP contribution in [0.1, 0.15) is 51.4 Å². The van der Waals surface area contributed by atoms with Gasteiger partial charge in [0.2, 0.25) is 11.8 Å². The van der Waals surface area contributed by atoms with Gasteiger partial charge in [-0.1, -0.05) is 12.8 Å². The lowest BCUT2D eigenvalue weighted by Gasteiger charge is -2.36. The molecular formula is C16H27N3O2. The van der Waals surface area contributed by atoms with Crippen molar-refractivity contribution in [3.8, 4) is 0 Å². The van der Waals surface area contributed by atoms with Crippen LogP contribution in [0, 0.1) is 5.92 Å². The maximum absolute atomic E-state index is 12.9. The van der Waals surface area contributed by atoms with Crippen LogP contribution in [0.2, 0.25) is 0 Å². The summed E-state index contributed by atoms with van der Waals surface area (Å²) >= 11 is 0. The largest absolute Gasteiger partial charge is 0.357 e. The van der Waals surface area contributed by atoms with Crippen molar-refractivity contribution in [3.05, 3.63) is 0 Å². The molecule has 2 saturated heterocycles. The van der Waals surface area contributed by atoms with Gasteiger partial charge >= 0.3 is 0 Å². The van der Waals surface area contributed by atoms with Crippen molar-refractivity contribution in [2.45, 2.75) is 69.5 Å². The van der Waals surface area contributed by atoms with Crippen LogP contribution < -0.4 is 10.6 Å². The van der Waals surface area contributed by atoms with E-state index in [1.165, 1.54) is 25.7 Å². The Morgan fingerprint density at radius 3 is 2.62 bits per heavy atom. The molecule has 3 rings (SSSR count). The molecule has 1 saturated carbocycles. The number of amides is 2. The number of nitrogens with zero attached hydrogens (tertiary/aromatic N) is 1. The van der Waals surface area contributed by atoms with E-state index in [0.29, 0.717) is 12.0 Å². The third-order valence-corrected chi connectivity index (χ3v) is 5.50. The number of nitrogens with one attached hydrogen (secondary N) is 2. The van der Waals surface area contributed by atoms with Crippen LogP contribution in [0.3, 0.4) is 0 Å². The van der Waals surface area contributed by atoms with Gasteiger partial charge in [-0.2, -0.15) is 0 Å². The van der Waals surface area contributed by atoms with E-state index in [-0.39, 0.29) is 23.9 Å². The van der Waals surface area contributed by atoms with Gasteiger partial charge in [-0.05, 0) is 44.4 Å². The second kappa shape index (κ2) is 6.34. The number of fused-ring (bicyclic) bond motifs is 1. The molecule has 2 aliphatic heterocycles. The maximum Gasteiger partial charge on any atom is 0.242 e. The number of carbonyl (C=O) groups excluding carboxylic acids is 2. The van der Waals surface area contributed by atoms with Gasteiger partial charge < -0.3 is 15.5 Å². The van der Waals surface area contributed by atoms with Crippen molar-refractivity contribution < 1.29 is 9.59 Å². The zero-order valence-corrected chi connectivity index (χ0v) is 12.9. The smallest absolute Gasteiger partial charge is 0.242 e. The number of hydrogen-bond donors (Lipinski definition) is 2. The Labute approximate surface area is 126 Å². The molecule has 0 bridgehead atoms. The van der Waals surface area contributed by atoms with Crippen molar-refractivity contribution in [2.75, 3.05) is 13.6 Å². The first-order valence-corrected chi connectivity index (χ1v) is 8.49. The van der Waals surface area contributed by atoms with E-state index in [0.717, 1.165) is 32.2 Å². The molecule has 4 atom stereocenters. The highest BCUT2D eigenvalue weighted by molar-refractivity contribution is 5.90. The van der Waals surface area contributed by atoms with Gasteiger partial charge in [0.15, 0.2) is 0 Å². The average molecular weight is 293 g/mol. The number of likely N-dealkylation sites (N-methyl/N-ethyl adjacent to an activating group) is 1. The fraction of sp³-hybridized carbons (Fsp3) is 0.875. The molecule has 3 aliphatic rings. The Bertz CT molecular complexity index is 398. The van der Waals surface area contributed by atoms with Crippen molar-refractivity contribution in [2.24, 2.45) is 5.92 Å². The van der Waals surface area contributed by atoms with Gasteiger partial charge in [-0.25, -0.2) is 0 Å². The summed E-state index contributed by atoms with van der Waals surface area (Å²) in [7, 11) is 1.65. The number of likely N-dealkylation sites (tertiary alicyclic amines) is 1. The topological polar surface area (TPSA) is 61.4 Å². The minimum Gasteiger partial charge on any atom is -0.357 e. The van der Waals surface area contributed by atoms with E-state index in [1.807, 2.05) is 4.90 Å². The van der Waals surface area contributed by atoms with Gasteiger partial charge in [-0.3, -0.25) is 9.59 Å². The monoisotopic (exact) mass is 293 g/mol. The van der Waals surface area contributed by atoms with Crippen LogP contribution in [0.5, 0.6) is 0 Å². The first-order chi connectivity index (χ1) is 10.2. The van der Waals surface area contributed by atoms with Crippen molar-refractivity contribution in [1.29, 1.82) is 0 Å². The summed E-state index contributed by atoms with van der Waals surface area (Å²) in [5.74, 6) is 0.798. The molecule has 2 amide bonds. The van der Waals surface area contributed by atoms with Crippen molar-refractivity contribution >= 4 is 11.8 Å². The molecule has 5 heteroatoms. The normalized spacial score (nSPS) is 36.1. The zero-order valence-electron chi connectivity index (χ0n) is 12.9. The van der Waals surface area contributed by atoms with Crippen molar-refractivity contribution in [1.82, 2.24) is 15.5 Å². The van der Waals surface area contributed by atoms with Crippen LogP contribution in [0.15, 0.2) is 0 Å². The van der Waals surface area contributed by atoms with Crippen molar-refractivity contribution in [3.63, 3.8) is 0 Å². The molecule has 3 fully saturated rings. The highest BCUT2D eigenvalue weighted by Gasteiger charge is 2.42. The minimum absolute atomic E-state index is 0.0153. The highest BCUT2D eigenvalue weighted by Crippen LogP contribution is 2.34. The minimum atomic E-state index is -0.263. The quantitative estimate of drug-likeness (QED) is 0.799. The molecular weight excluding hydrogens is 266 g/mol. The SMILES string of the molecule is CNC(=O)C1CCCCN1C(=O)C1CC2CCCCC2N1. The Balaban J connectivity index is 1.67. The second-order valence-electron chi connectivity index (χ2n) is 6.76. The number of hydrogen-bond acceptors (Lipinski definition) is 3. The van der Waals surface area contributed by atoms with Gasteiger partial charge in [0.25, 0.3) is 0 Å². The van der Waals surface area contributed by atoms with Crippen LogP contribution in [0.25, 0.3) is 0 Å². The third kappa shape index (κ3) is 2.93. The van der Waals surface area contributed by atoms with E-state index in [4.69, 9.17) is 0 Å². The number of carbonyl (C=O) groups is 2. The maximum atomic E-state index is 12.9. The summed E-state index contributed by atoms with van der Waals surface area (Å²) in [6, 6.07) is 0.194. The summed E-state index contributed by atoms with van der Waals surface area (Å²) in [4.78, 5) is 26.7. The van der Waals surface area contributed by atoms with Crippen LogP contribution >= 0.6 is 0 Å². The van der Waals surface area contributed by atoms with Gasteiger partial charge in [0.1, 0.15) is 6.04 Å². The molecule has 2 heterocycles. The molecule has 2 N–H and O–H groups in total. The molecule has 0 aromatic rings. The lowest BCUT2D eigenvalue weighted by atomic mass is 9.85. The van der Waals surface area contributed by atoms with Gasteiger partial charge in [-0.15, -0.1) is 0 Å². The molecule has 0 aromatic carbocycles. The number of piperidine rings is 1. The Morgan fingerprint density at radius 1 is 1.10 bits per heavy atom. The van der Waals surface area contributed by atoms with E-state index in [1.54, 1.807) is 7.05 Å². The molecule has 4 unspecified atom stereocenters. The molecule has 118 valence electrons. The fourth-order valence-corrected chi connectivity index (χ4v) is 4.35. The van der Waals surface area contributed by atoms with E-state index >= 15 is 0 Å². The Hall–Kier alpha value is -1.10. The summed E-state index contributed by atoms with van der Waals surface area (Å²) in [5.41, 5.74) is 0. The van der Waals surface area contributed by atoms with Crippen LogP contribution in [-0.2, 0) is 9.59 Å². The molecule has 21 heavy (non-hydrogen) atoms. The lowest BCUT2D eigenvalue weighted by molar-refractivity contribution is -0.143. The van der Waals surface area contributed by atoms with E-state index in [2.05, 4.69) is 10.6 Å². The second-order valence-corrected chi connectivity index (χ2v) is 6.76. The molecule has 0 spiro atoms. The predicted molar refractivity (Wildman–Crippen MR) is 80.7 cm³/mol.